The van der Waals surface area contributed by atoms with Crippen LogP contribution >= 0.6 is 0 Å². The van der Waals surface area contributed by atoms with Crippen LogP contribution in [0, 0.1) is 0 Å². The Kier molecular flexibility index (Phi) is 4.57. The van der Waals surface area contributed by atoms with Crippen molar-refractivity contribution in [3.05, 3.63) is 59.3 Å². The number of carboxylic acid groups (broad SMARTS) is 1. The molecule has 0 aliphatic carbocycles. The molecule has 1 unspecified atom stereocenters. The first kappa shape index (κ1) is 15.5. The molecular formula is C18H21N3O2. The van der Waals surface area contributed by atoms with E-state index in [1.807, 2.05) is 0 Å². The van der Waals surface area contributed by atoms with Gasteiger partial charge in [-0.1, -0.05) is 30.3 Å². The van der Waals surface area contributed by atoms with Gasteiger partial charge in [0.1, 0.15) is 5.82 Å². The van der Waals surface area contributed by atoms with Gasteiger partial charge in [0.2, 0.25) is 0 Å². The lowest BCUT2D eigenvalue weighted by Gasteiger charge is -2.33. The minimum Gasteiger partial charge on any atom is -0.477 e. The lowest BCUT2D eigenvalue weighted by molar-refractivity contribution is 0.0690. The molecule has 0 saturated heterocycles. The third-order valence-electron chi connectivity index (χ3n) is 4.33. The normalized spacial score (nSPS) is 15.7. The van der Waals surface area contributed by atoms with Gasteiger partial charge in [-0.3, -0.25) is 4.90 Å². The molecule has 2 heterocycles. The number of benzene rings is 1. The zero-order chi connectivity index (χ0) is 16.2. The van der Waals surface area contributed by atoms with Gasteiger partial charge in [0, 0.05) is 25.7 Å². The van der Waals surface area contributed by atoms with Crippen LogP contribution in [-0.4, -0.2) is 40.1 Å². The van der Waals surface area contributed by atoms with E-state index in [0.717, 1.165) is 26.1 Å². The molecule has 1 aliphatic rings. The van der Waals surface area contributed by atoms with Crippen LogP contribution in [0.5, 0.6) is 0 Å². The standard InChI is InChI=1S/C18H21N3O2/c1-13(11-19-17-8-4-7-16(20-17)18(22)23)21-10-9-14-5-2-3-6-15(14)12-21/h2-8,13H,9-12H2,1H3,(H,19,20)(H,22,23). The fourth-order valence-electron chi connectivity index (χ4n) is 2.93. The third kappa shape index (κ3) is 3.68. The van der Waals surface area contributed by atoms with Crippen molar-refractivity contribution >= 4 is 11.8 Å². The largest absolute Gasteiger partial charge is 0.477 e. The molecule has 0 spiro atoms. The van der Waals surface area contributed by atoms with E-state index in [9.17, 15) is 4.79 Å². The zero-order valence-electron chi connectivity index (χ0n) is 13.2. The summed E-state index contributed by atoms with van der Waals surface area (Å²) in [6.45, 7) is 4.92. The highest BCUT2D eigenvalue weighted by molar-refractivity contribution is 5.85. The number of aromatic carboxylic acids is 1. The van der Waals surface area contributed by atoms with Gasteiger partial charge in [-0.25, -0.2) is 9.78 Å². The van der Waals surface area contributed by atoms with E-state index in [4.69, 9.17) is 5.11 Å². The summed E-state index contributed by atoms with van der Waals surface area (Å²) in [6.07, 6.45) is 1.08. The summed E-state index contributed by atoms with van der Waals surface area (Å²) in [6, 6.07) is 13.9. The smallest absolute Gasteiger partial charge is 0.354 e. The minimum absolute atomic E-state index is 0.0644. The summed E-state index contributed by atoms with van der Waals surface area (Å²) in [7, 11) is 0. The second-order valence-electron chi connectivity index (χ2n) is 5.93. The fraction of sp³-hybridized carbons (Fsp3) is 0.333. The average molecular weight is 311 g/mol. The Morgan fingerprint density at radius 2 is 2.04 bits per heavy atom. The van der Waals surface area contributed by atoms with Gasteiger partial charge in [-0.2, -0.15) is 0 Å². The second kappa shape index (κ2) is 6.79. The van der Waals surface area contributed by atoms with E-state index in [-0.39, 0.29) is 5.69 Å². The number of aromatic nitrogens is 1. The van der Waals surface area contributed by atoms with Crippen LogP contribution in [0.4, 0.5) is 5.82 Å². The topological polar surface area (TPSA) is 65.5 Å². The number of pyridine rings is 1. The summed E-state index contributed by atoms with van der Waals surface area (Å²) < 4.78 is 0. The van der Waals surface area contributed by atoms with Crippen molar-refractivity contribution in [3.63, 3.8) is 0 Å². The average Bonchev–Trinajstić information content (AvgIpc) is 2.59. The number of rotatable bonds is 5. The summed E-state index contributed by atoms with van der Waals surface area (Å²) in [5.41, 5.74) is 2.91. The molecule has 0 bridgehead atoms. The molecule has 23 heavy (non-hydrogen) atoms. The minimum atomic E-state index is -1.01. The number of hydrogen-bond donors (Lipinski definition) is 2. The summed E-state index contributed by atoms with van der Waals surface area (Å²) >= 11 is 0. The van der Waals surface area contributed by atoms with E-state index < -0.39 is 5.97 Å². The van der Waals surface area contributed by atoms with Crippen LogP contribution in [0.2, 0.25) is 0 Å². The predicted molar refractivity (Wildman–Crippen MR) is 89.7 cm³/mol. The second-order valence-corrected chi connectivity index (χ2v) is 5.93. The Morgan fingerprint density at radius 1 is 1.26 bits per heavy atom. The van der Waals surface area contributed by atoms with Gasteiger partial charge >= 0.3 is 5.97 Å². The monoisotopic (exact) mass is 311 g/mol. The highest BCUT2D eigenvalue weighted by Gasteiger charge is 2.20. The highest BCUT2D eigenvalue weighted by Crippen LogP contribution is 2.20. The molecule has 1 aromatic heterocycles. The SMILES string of the molecule is CC(CNc1cccc(C(=O)O)n1)N1CCc2ccccc2C1. The van der Waals surface area contributed by atoms with E-state index in [1.165, 1.54) is 17.2 Å². The number of carbonyl (C=O) groups is 1. The first-order valence-corrected chi connectivity index (χ1v) is 7.88. The van der Waals surface area contributed by atoms with Crippen molar-refractivity contribution < 1.29 is 9.90 Å². The Bertz CT molecular complexity index is 702. The molecule has 0 fully saturated rings. The molecule has 3 rings (SSSR count). The van der Waals surface area contributed by atoms with Gasteiger partial charge in [0.25, 0.3) is 0 Å². The van der Waals surface area contributed by atoms with Crippen LogP contribution < -0.4 is 5.32 Å². The molecular weight excluding hydrogens is 290 g/mol. The van der Waals surface area contributed by atoms with Crippen LogP contribution in [0.1, 0.15) is 28.5 Å². The summed E-state index contributed by atoms with van der Waals surface area (Å²) in [4.78, 5) is 17.5. The third-order valence-corrected chi connectivity index (χ3v) is 4.33. The van der Waals surface area contributed by atoms with Gasteiger partial charge < -0.3 is 10.4 Å². The predicted octanol–water partition coefficient (Wildman–Crippen LogP) is 2.64. The Balaban J connectivity index is 1.59. The fourth-order valence-corrected chi connectivity index (χ4v) is 2.93. The molecule has 1 aliphatic heterocycles. The summed E-state index contributed by atoms with van der Waals surface area (Å²) in [5, 5.41) is 12.2. The molecule has 1 aromatic carbocycles. The zero-order valence-corrected chi connectivity index (χ0v) is 13.2. The van der Waals surface area contributed by atoms with Crippen molar-refractivity contribution in [3.8, 4) is 0 Å². The van der Waals surface area contributed by atoms with E-state index in [2.05, 4.69) is 46.4 Å². The molecule has 0 amide bonds. The van der Waals surface area contributed by atoms with Gasteiger partial charge in [-0.15, -0.1) is 0 Å². The number of nitrogens with one attached hydrogen (secondary N) is 1. The molecule has 2 N–H and O–H groups in total. The molecule has 120 valence electrons. The first-order valence-electron chi connectivity index (χ1n) is 7.88. The quantitative estimate of drug-likeness (QED) is 0.888. The number of hydrogen-bond acceptors (Lipinski definition) is 4. The van der Waals surface area contributed by atoms with Crippen molar-refractivity contribution in [1.29, 1.82) is 0 Å². The van der Waals surface area contributed by atoms with E-state index >= 15 is 0 Å². The molecule has 5 heteroatoms. The maximum absolute atomic E-state index is 11.0. The van der Waals surface area contributed by atoms with Crippen molar-refractivity contribution in [2.75, 3.05) is 18.4 Å². The number of nitrogens with zero attached hydrogens (tertiary/aromatic N) is 2. The number of carboxylic acids is 1. The Morgan fingerprint density at radius 3 is 2.83 bits per heavy atom. The number of fused-ring (bicyclic) bond motifs is 1. The molecule has 5 nitrogen and oxygen atoms in total. The molecule has 2 aromatic rings. The Labute approximate surface area is 136 Å². The lowest BCUT2D eigenvalue weighted by Crippen LogP contribution is -2.41. The van der Waals surface area contributed by atoms with Crippen LogP contribution in [0.15, 0.2) is 42.5 Å². The van der Waals surface area contributed by atoms with Crippen LogP contribution in [0.3, 0.4) is 0 Å². The lowest BCUT2D eigenvalue weighted by atomic mass is 9.99. The van der Waals surface area contributed by atoms with Crippen LogP contribution in [0.25, 0.3) is 0 Å². The Hall–Kier alpha value is -2.40. The molecule has 0 saturated carbocycles. The van der Waals surface area contributed by atoms with Gasteiger partial charge in [-0.05, 0) is 36.6 Å². The van der Waals surface area contributed by atoms with Crippen molar-refractivity contribution in [2.24, 2.45) is 0 Å². The van der Waals surface area contributed by atoms with Crippen LogP contribution in [-0.2, 0) is 13.0 Å². The summed E-state index contributed by atoms with van der Waals surface area (Å²) in [5.74, 6) is -0.400. The highest BCUT2D eigenvalue weighted by atomic mass is 16.4. The van der Waals surface area contributed by atoms with Crippen molar-refractivity contribution in [1.82, 2.24) is 9.88 Å². The van der Waals surface area contributed by atoms with Gasteiger partial charge in [0.05, 0.1) is 0 Å². The van der Waals surface area contributed by atoms with Gasteiger partial charge in [0.15, 0.2) is 5.69 Å². The van der Waals surface area contributed by atoms with E-state index in [0.29, 0.717) is 11.9 Å². The van der Waals surface area contributed by atoms with E-state index in [1.54, 1.807) is 12.1 Å². The first-order chi connectivity index (χ1) is 11.1. The maximum Gasteiger partial charge on any atom is 0.354 e. The molecule has 0 radical (unpaired) electrons. The van der Waals surface area contributed by atoms with Crippen molar-refractivity contribution in [2.45, 2.75) is 25.9 Å². The number of anilines is 1. The molecule has 1 atom stereocenters. The maximum atomic E-state index is 11.0.